The molecule has 7 heavy (non-hydrogen) atoms. The fourth-order valence-corrected chi connectivity index (χ4v) is 2.62. The van der Waals surface area contributed by atoms with E-state index in [4.69, 9.17) is 0 Å². The highest BCUT2D eigenvalue weighted by Gasteiger charge is 2.10. The molecular formula is C6H13P. The number of hydrogen-bond acceptors (Lipinski definition) is 0. The summed E-state index contributed by atoms with van der Waals surface area (Å²) < 4.78 is 0. The Bertz CT molecular complexity index is 46.1. The summed E-state index contributed by atoms with van der Waals surface area (Å²) in [4.78, 5) is 0. The first-order valence-corrected chi connectivity index (χ1v) is 4.45. The highest BCUT2D eigenvalue weighted by molar-refractivity contribution is 7.39. The maximum Gasteiger partial charge on any atom is -0.0239 e. The molecule has 0 radical (unpaired) electrons. The molecule has 1 aliphatic heterocycles. The molecule has 1 aliphatic rings. The summed E-state index contributed by atoms with van der Waals surface area (Å²) in [6.07, 6.45) is 5.99. The van der Waals surface area contributed by atoms with Crippen LogP contribution in [-0.2, 0) is 0 Å². The first-order chi connectivity index (χ1) is 3.43. The summed E-state index contributed by atoms with van der Waals surface area (Å²) in [7, 11) is 1.30. The molecule has 0 N–H and O–H groups in total. The topological polar surface area (TPSA) is 0 Å². The average Bonchev–Trinajstić information content (AvgIpc) is 2.14. The number of hydrogen-bond donors (Lipinski definition) is 0. The van der Waals surface area contributed by atoms with Crippen LogP contribution in [0.5, 0.6) is 0 Å². The van der Waals surface area contributed by atoms with E-state index in [2.05, 4.69) is 6.92 Å². The van der Waals surface area contributed by atoms with Crippen molar-refractivity contribution in [2.45, 2.75) is 31.8 Å². The van der Waals surface area contributed by atoms with Crippen LogP contribution in [0.25, 0.3) is 0 Å². The quantitative estimate of drug-likeness (QED) is 0.461. The van der Waals surface area contributed by atoms with E-state index in [1.165, 1.54) is 34.0 Å². The van der Waals surface area contributed by atoms with Crippen molar-refractivity contribution in [1.29, 1.82) is 0 Å². The van der Waals surface area contributed by atoms with E-state index in [-0.39, 0.29) is 0 Å². The molecule has 0 aromatic rings. The zero-order valence-electron chi connectivity index (χ0n) is 4.91. The van der Waals surface area contributed by atoms with Crippen molar-refractivity contribution < 1.29 is 0 Å². The summed E-state index contributed by atoms with van der Waals surface area (Å²) in [5.41, 5.74) is 1.12. The molecule has 1 saturated heterocycles. The van der Waals surface area contributed by atoms with Crippen molar-refractivity contribution in [2.24, 2.45) is 0 Å². The standard InChI is InChI=1S/C6H13P/c1-2-6-4-3-5-7-6/h6-7H,2-5H2,1H3/t6-/m1/s1. The van der Waals surface area contributed by atoms with Crippen LogP contribution in [0, 0.1) is 0 Å². The van der Waals surface area contributed by atoms with Crippen molar-refractivity contribution in [3.05, 3.63) is 0 Å². The molecule has 0 nitrogen and oxygen atoms in total. The van der Waals surface area contributed by atoms with Gasteiger partial charge in [-0.05, 0) is 31.1 Å². The Kier molecular flexibility index (Phi) is 2.12. The third-order valence-electron chi connectivity index (χ3n) is 1.66. The minimum atomic E-state index is 1.12. The normalized spacial score (nSPS) is 34.7. The van der Waals surface area contributed by atoms with Gasteiger partial charge >= 0.3 is 0 Å². The predicted octanol–water partition coefficient (Wildman–Crippen LogP) is 2.24. The molecular weight excluding hydrogens is 103 g/mol. The summed E-state index contributed by atoms with van der Waals surface area (Å²) in [5.74, 6) is 0. The molecule has 0 aromatic heterocycles. The second-order valence-electron chi connectivity index (χ2n) is 2.20. The Morgan fingerprint density at radius 3 is 2.86 bits per heavy atom. The van der Waals surface area contributed by atoms with E-state index < -0.39 is 0 Å². The SMILES string of the molecule is CC[C@@H]1CCCP1. The van der Waals surface area contributed by atoms with Gasteiger partial charge in [0.2, 0.25) is 0 Å². The fourth-order valence-electron chi connectivity index (χ4n) is 1.11. The monoisotopic (exact) mass is 116 g/mol. The van der Waals surface area contributed by atoms with Gasteiger partial charge in [0, 0.05) is 0 Å². The summed E-state index contributed by atoms with van der Waals surface area (Å²) in [6.45, 7) is 2.31. The van der Waals surface area contributed by atoms with Gasteiger partial charge in [-0.15, -0.1) is 8.58 Å². The second kappa shape index (κ2) is 2.67. The predicted molar refractivity (Wildman–Crippen MR) is 36.5 cm³/mol. The van der Waals surface area contributed by atoms with Crippen LogP contribution in [0.3, 0.4) is 0 Å². The van der Waals surface area contributed by atoms with Crippen LogP contribution in [0.1, 0.15) is 26.2 Å². The zero-order chi connectivity index (χ0) is 5.11. The summed E-state index contributed by atoms with van der Waals surface area (Å²) in [5, 5.41) is 0. The Labute approximate surface area is 47.5 Å². The third-order valence-corrected chi connectivity index (χ3v) is 3.57. The van der Waals surface area contributed by atoms with E-state index in [1.54, 1.807) is 0 Å². The van der Waals surface area contributed by atoms with Gasteiger partial charge in [-0.3, -0.25) is 0 Å². The molecule has 1 heterocycles. The lowest BCUT2D eigenvalue weighted by molar-refractivity contribution is 0.758. The Morgan fingerprint density at radius 1 is 1.71 bits per heavy atom. The largest absolute Gasteiger partial charge is 0.119 e. The van der Waals surface area contributed by atoms with Crippen molar-refractivity contribution >= 4 is 8.58 Å². The van der Waals surface area contributed by atoms with Crippen LogP contribution in [0.15, 0.2) is 0 Å². The average molecular weight is 116 g/mol. The van der Waals surface area contributed by atoms with Gasteiger partial charge in [0.25, 0.3) is 0 Å². The minimum absolute atomic E-state index is 1.12. The van der Waals surface area contributed by atoms with Crippen LogP contribution >= 0.6 is 8.58 Å². The molecule has 0 amide bonds. The Morgan fingerprint density at radius 2 is 2.57 bits per heavy atom. The molecule has 1 heteroatoms. The molecule has 2 atom stereocenters. The maximum atomic E-state index is 2.31. The molecule has 0 aliphatic carbocycles. The highest BCUT2D eigenvalue weighted by Crippen LogP contribution is 2.33. The van der Waals surface area contributed by atoms with Crippen LogP contribution < -0.4 is 0 Å². The van der Waals surface area contributed by atoms with Gasteiger partial charge < -0.3 is 0 Å². The van der Waals surface area contributed by atoms with Gasteiger partial charge in [0.05, 0.1) is 0 Å². The van der Waals surface area contributed by atoms with Crippen molar-refractivity contribution in [3.8, 4) is 0 Å². The molecule has 42 valence electrons. The smallest absolute Gasteiger partial charge is 0.0239 e. The molecule has 0 saturated carbocycles. The summed E-state index contributed by atoms with van der Waals surface area (Å²) in [6, 6.07) is 0. The van der Waals surface area contributed by atoms with E-state index in [0.29, 0.717) is 0 Å². The number of rotatable bonds is 1. The van der Waals surface area contributed by atoms with Crippen molar-refractivity contribution in [3.63, 3.8) is 0 Å². The van der Waals surface area contributed by atoms with Crippen molar-refractivity contribution in [1.82, 2.24) is 0 Å². The van der Waals surface area contributed by atoms with Gasteiger partial charge in [-0.1, -0.05) is 6.92 Å². The lowest BCUT2D eigenvalue weighted by Gasteiger charge is -1.99. The lowest BCUT2D eigenvalue weighted by atomic mass is 10.2. The van der Waals surface area contributed by atoms with E-state index >= 15 is 0 Å². The third kappa shape index (κ3) is 1.42. The van der Waals surface area contributed by atoms with Gasteiger partial charge in [0.15, 0.2) is 0 Å². The first-order valence-electron chi connectivity index (χ1n) is 3.17. The molecule has 1 unspecified atom stereocenters. The maximum absolute atomic E-state index is 2.31. The van der Waals surface area contributed by atoms with Gasteiger partial charge in [-0.2, -0.15) is 0 Å². The molecule has 1 fully saturated rings. The molecule has 0 spiro atoms. The summed E-state index contributed by atoms with van der Waals surface area (Å²) >= 11 is 0. The lowest BCUT2D eigenvalue weighted by Crippen LogP contribution is -1.88. The van der Waals surface area contributed by atoms with Crippen LogP contribution in [0.4, 0.5) is 0 Å². The zero-order valence-corrected chi connectivity index (χ0v) is 5.91. The van der Waals surface area contributed by atoms with E-state index in [1.807, 2.05) is 0 Å². The minimum Gasteiger partial charge on any atom is -0.119 e. The Balaban J connectivity index is 2.14. The second-order valence-corrected chi connectivity index (χ2v) is 3.93. The molecule has 1 rings (SSSR count). The van der Waals surface area contributed by atoms with E-state index in [9.17, 15) is 0 Å². The van der Waals surface area contributed by atoms with E-state index in [0.717, 1.165) is 5.66 Å². The highest BCUT2D eigenvalue weighted by atomic mass is 31.1. The first kappa shape index (κ1) is 5.56. The van der Waals surface area contributed by atoms with Gasteiger partial charge in [0.1, 0.15) is 0 Å². The van der Waals surface area contributed by atoms with Crippen LogP contribution in [0.2, 0.25) is 0 Å². The van der Waals surface area contributed by atoms with Crippen LogP contribution in [-0.4, -0.2) is 11.8 Å². The molecule has 0 aromatic carbocycles. The van der Waals surface area contributed by atoms with Crippen molar-refractivity contribution in [2.75, 3.05) is 6.16 Å². The van der Waals surface area contributed by atoms with Gasteiger partial charge in [-0.25, -0.2) is 0 Å². The molecule has 0 bridgehead atoms. The Hall–Kier alpha value is 0.430. The fraction of sp³-hybridized carbons (Fsp3) is 1.00.